The summed E-state index contributed by atoms with van der Waals surface area (Å²) in [7, 11) is 0. The molecule has 1 heterocycles. The van der Waals surface area contributed by atoms with E-state index in [9.17, 15) is 9.59 Å². The fourth-order valence-corrected chi connectivity index (χ4v) is 2.80. The Morgan fingerprint density at radius 2 is 2.29 bits per heavy atom. The fourth-order valence-electron chi connectivity index (χ4n) is 1.73. The minimum Gasteiger partial charge on any atom is -0.480 e. The molecule has 1 aromatic heterocycles. The minimum atomic E-state index is -1.01. The highest BCUT2D eigenvalue weighted by Crippen LogP contribution is 2.16. The topological polar surface area (TPSA) is 109 Å². The molecule has 0 bridgehead atoms. The number of carboxylic acids is 1. The van der Waals surface area contributed by atoms with E-state index in [0.29, 0.717) is 39.7 Å². The van der Waals surface area contributed by atoms with E-state index in [4.69, 9.17) is 22.4 Å². The number of nitrogens with two attached hydrogens (primary N) is 1. The van der Waals surface area contributed by atoms with Gasteiger partial charge in [0.2, 0.25) is 0 Å². The smallest absolute Gasteiger partial charge is 0.320 e. The van der Waals surface area contributed by atoms with Crippen molar-refractivity contribution in [2.24, 2.45) is 5.73 Å². The predicted molar refractivity (Wildman–Crippen MR) is 83.8 cm³/mol. The number of halogens is 1. The van der Waals surface area contributed by atoms with E-state index in [0.717, 1.165) is 0 Å². The number of thioether (sulfide) groups is 1. The maximum atomic E-state index is 11.9. The first-order valence-corrected chi connectivity index (χ1v) is 7.75. The second-order valence-electron chi connectivity index (χ2n) is 4.46. The molecule has 0 aliphatic rings. The highest BCUT2D eigenvalue weighted by Gasteiger charge is 2.11. The molecular weight excluding hydrogens is 314 g/mol. The Morgan fingerprint density at radius 1 is 1.52 bits per heavy atom. The monoisotopic (exact) mass is 327 g/mol. The number of nitrogens with one attached hydrogen (secondary N) is 1. The van der Waals surface area contributed by atoms with Gasteiger partial charge in [0.15, 0.2) is 0 Å². The van der Waals surface area contributed by atoms with E-state index in [1.54, 1.807) is 18.2 Å². The molecule has 8 heteroatoms. The summed E-state index contributed by atoms with van der Waals surface area (Å²) in [4.78, 5) is 29.5. The Balaban J connectivity index is 2.02. The quantitative estimate of drug-likeness (QED) is 0.695. The Bertz CT molecular complexity index is 719. The van der Waals surface area contributed by atoms with Crippen LogP contribution in [0.5, 0.6) is 0 Å². The van der Waals surface area contributed by atoms with Gasteiger partial charge in [0.1, 0.15) is 11.9 Å². The van der Waals surface area contributed by atoms with Crippen molar-refractivity contribution in [2.45, 2.75) is 18.2 Å². The second kappa shape index (κ2) is 6.93. The van der Waals surface area contributed by atoms with Crippen LogP contribution < -0.4 is 11.3 Å². The first-order chi connectivity index (χ1) is 9.97. The summed E-state index contributed by atoms with van der Waals surface area (Å²) in [5.41, 5.74) is 5.76. The van der Waals surface area contributed by atoms with Gasteiger partial charge < -0.3 is 15.8 Å². The highest BCUT2D eigenvalue weighted by atomic mass is 35.5. The van der Waals surface area contributed by atoms with Crippen LogP contribution in [0.25, 0.3) is 10.9 Å². The van der Waals surface area contributed by atoms with Crippen LogP contribution in [0.2, 0.25) is 5.02 Å². The first-order valence-electron chi connectivity index (χ1n) is 6.22. The number of H-pyrrole nitrogens is 1. The predicted octanol–water partition coefficient (Wildman–Crippen LogP) is 1.61. The molecule has 0 spiro atoms. The van der Waals surface area contributed by atoms with Gasteiger partial charge in [-0.2, -0.15) is 11.8 Å². The molecule has 0 amide bonds. The zero-order chi connectivity index (χ0) is 15.4. The number of nitrogens with zero attached hydrogens (tertiary/aromatic N) is 1. The Morgan fingerprint density at radius 3 is 3.00 bits per heavy atom. The zero-order valence-electron chi connectivity index (χ0n) is 11.0. The van der Waals surface area contributed by atoms with Crippen molar-refractivity contribution >= 4 is 40.2 Å². The Hall–Kier alpha value is -1.57. The fraction of sp³-hybridized carbons (Fsp3) is 0.308. The van der Waals surface area contributed by atoms with Crippen molar-refractivity contribution < 1.29 is 9.90 Å². The molecular formula is C13H14ClN3O3S. The summed E-state index contributed by atoms with van der Waals surface area (Å²) in [6.07, 6.45) is 0.368. The molecule has 0 aliphatic carbocycles. The number of aliphatic carboxylic acids is 1. The Kier molecular flexibility index (Phi) is 5.22. The van der Waals surface area contributed by atoms with Crippen LogP contribution in [0.1, 0.15) is 12.2 Å². The summed E-state index contributed by atoms with van der Waals surface area (Å²) < 4.78 is 0. The van der Waals surface area contributed by atoms with E-state index >= 15 is 0 Å². The second-order valence-corrected chi connectivity index (χ2v) is 6.00. The van der Waals surface area contributed by atoms with E-state index in [2.05, 4.69) is 9.97 Å². The number of carboxylic acid groups (broad SMARTS) is 1. The minimum absolute atomic E-state index is 0.236. The molecule has 0 fully saturated rings. The lowest BCUT2D eigenvalue weighted by Gasteiger charge is -2.06. The van der Waals surface area contributed by atoms with E-state index in [-0.39, 0.29) is 5.56 Å². The number of carbonyl (C=O) groups is 1. The standard InChI is InChI=1S/C13H14ClN3O3S/c14-7-1-2-10-8(5-7)12(18)17-11(16-10)6-21-4-3-9(15)13(19)20/h1-2,5,9H,3-4,6,15H2,(H,19,20)(H,16,17,18). The average Bonchev–Trinajstić information content (AvgIpc) is 2.44. The molecule has 0 aliphatic heterocycles. The van der Waals surface area contributed by atoms with E-state index in [1.165, 1.54) is 11.8 Å². The largest absolute Gasteiger partial charge is 0.480 e. The summed E-state index contributed by atoms with van der Waals surface area (Å²) >= 11 is 7.31. The molecule has 0 saturated heterocycles. The summed E-state index contributed by atoms with van der Waals surface area (Å²) in [6.45, 7) is 0. The number of aromatic amines is 1. The van der Waals surface area contributed by atoms with Crippen LogP contribution in [-0.4, -0.2) is 32.8 Å². The van der Waals surface area contributed by atoms with Gasteiger partial charge in [-0.25, -0.2) is 4.98 Å². The van der Waals surface area contributed by atoms with E-state index in [1.807, 2.05) is 0 Å². The number of hydrogen-bond acceptors (Lipinski definition) is 5. The maximum absolute atomic E-state index is 11.9. The number of aromatic nitrogens is 2. The average molecular weight is 328 g/mol. The molecule has 0 radical (unpaired) electrons. The van der Waals surface area contributed by atoms with Crippen molar-refractivity contribution in [2.75, 3.05) is 5.75 Å². The van der Waals surface area contributed by atoms with Crippen LogP contribution in [0.4, 0.5) is 0 Å². The van der Waals surface area contributed by atoms with Crippen LogP contribution in [-0.2, 0) is 10.5 Å². The van der Waals surface area contributed by atoms with Gasteiger partial charge in [0.25, 0.3) is 5.56 Å². The van der Waals surface area contributed by atoms with E-state index < -0.39 is 12.0 Å². The maximum Gasteiger partial charge on any atom is 0.320 e. The van der Waals surface area contributed by atoms with Gasteiger partial charge in [-0.05, 0) is 30.4 Å². The zero-order valence-corrected chi connectivity index (χ0v) is 12.6. The molecule has 6 nitrogen and oxygen atoms in total. The third kappa shape index (κ3) is 4.20. The van der Waals surface area contributed by atoms with Gasteiger partial charge in [0.05, 0.1) is 16.7 Å². The molecule has 1 atom stereocenters. The van der Waals surface area contributed by atoms with Crippen LogP contribution in [0.15, 0.2) is 23.0 Å². The van der Waals surface area contributed by atoms with Gasteiger partial charge in [-0.3, -0.25) is 9.59 Å². The number of rotatable bonds is 6. The lowest BCUT2D eigenvalue weighted by Crippen LogP contribution is -2.30. The molecule has 2 aromatic rings. The van der Waals surface area contributed by atoms with Crippen molar-refractivity contribution in [1.82, 2.24) is 9.97 Å². The van der Waals surface area contributed by atoms with Crippen molar-refractivity contribution in [3.8, 4) is 0 Å². The van der Waals surface area contributed by atoms with Gasteiger partial charge in [0, 0.05) is 5.02 Å². The van der Waals surface area contributed by atoms with Gasteiger partial charge in [-0.15, -0.1) is 0 Å². The molecule has 1 aromatic carbocycles. The molecule has 0 saturated carbocycles. The van der Waals surface area contributed by atoms with Crippen molar-refractivity contribution in [3.05, 3.63) is 39.4 Å². The first kappa shape index (κ1) is 15.8. The molecule has 21 heavy (non-hydrogen) atoms. The third-order valence-electron chi connectivity index (χ3n) is 2.85. The molecule has 4 N–H and O–H groups in total. The van der Waals surface area contributed by atoms with Crippen LogP contribution in [0, 0.1) is 0 Å². The molecule has 2 rings (SSSR count). The number of fused-ring (bicyclic) bond motifs is 1. The van der Waals surface area contributed by atoms with Gasteiger partial charge in [-0.1, -0.05) is 11.6 Å². The Labute approximate surface area is 129 Å². The van der Waals surface area contributed by atoms with Crippen molar-refractivity contribution in [1.29, 1.82) is 0 Å². The lowest BCUT2D eigenvalue weighted by atomic mass is 10.2. The molecule has 112 valence electrons. The number of hydrogen-bond donors (Lipinski definition) is 3. The summed E-state index contributed by atoms with van der Waals surface area (Å²) in [5, 5.41) is 9.60. The summed E-state index contributed by atoms with van der Waals surface area (Å²) in [6, 6.07) is 4.09. The normalized spacial score (nSPS) is 12.5. The highest BCUT2D eigenvalue weighted by molar-refractivity contribution is 7.98. The summed E-state index contributed by atoms with van der Waals surface area (Å²) in [5.74, 6) is 0.601. The SMILES string of the molecule is NC(CCSCc1nc2ccc(Cl)cc2c(=O)[nH]1)C(=O)O. The van der Waals surface area contributed by atoms with Crippen LogP contribution in [0.3, 0.4) is 0 Å². The third-order valence-corrected chi connectivity index (χ3v) is 4.08. The number of benzene rings is 1. The lowest BCUT2D eigenvalue weighted by molar-refractivity contribution is -0.138. The van der Waals surface area contributed by atoms with Crippen molar-refractivity contribution in [3.63, 3.8) is 0 Å². The molecule has 1 unspecified atom stereocenters. The van der Waals surface area contributed by atoms with Gasteiger partial charge >= 0.3 is 5.97 Å². The van der Waals surface area contributed by atoms with Crippen LogP contribution >= 0.6 is 23.4 Å².